The molecule has 0 spiro atoms. The van der Waals surface area contributed by atoms with Gasteiger partial charge in [-0.3, -0.25) is 11.3 Å². The molecule has 0 bridgehead atoms. The molecule has 0 aromatic carbocycles. The molecule has 0 rings (SSSR count). The predicted octanol–water partition coefficient (Wildman–Crippen LogP) is 0.899. The lowest BCUT2D eigenvalue weighted by molar-refractivity contribution is 0.0757. The second-order valence-electron chi connectivity index (χ2n) is 3.34. The largest absolute Gasteiger partial charge is 0.380 e. The molecule has 3 nitrogen and oxygen atoms in total. The Balaban J connectivity index is 3.74. The van der Waals surface area contributed by atoms with Crippen molar-refractivity contribution >= 4 is 0 Å². The molecular formula is C8H20N2O. The van der Waals surface area contributed by atoms with Crippen LogP contribution in [-0.4, -0.2) is 19.3 Å². The maximum atomic E-state index is 5.37. The molecule has 0 amide bonds. The molecule has 0 fully saturated rings. The smallest absolute Gasteiger partial charge is 0.0709 e. The van der Waals surface area contributed by atoms with Crippen LogP contribution in [0, 0.1) is 5.92 Å². The Morgan fingerprint density at radius 3 is 2.18 bits per heavy atom. The van der Waals surface area contributed by atoms with Crippen LogP contribution in [0.1, 0.15) is 27.2 Å². The molecule has 3 heteroatoms. The van der Waals surface area contributed by atoms with Gasteiger partial charge in [0.25, 0.3) is 0 Å². The van der Waals surface area contributed by atoms with Gasteiger partial charge in [0.15, 0.2) is 0 Å². The zero-order valence-corrected chi connectivity index (χ0v) is 7.92. The number of rotatable bonds is 5. The fourth-order valence-corrected chi connectivity index (χ4v) is 1.07. The summed E-state index contributed by atoms with van der Waals surface area (Å²) in [7, 11) is 1.70. The van der Waals surface area contributed by atoms with E-state index < -0.39 is 0 Å². The molecule has 68 valence electrons. The van der Waals surface area contributed by atoms with Gasteiger partial charge in [0.1, 0.15) is 0 Å². The standard InChI is InChI=1S/C8H20N2O/c1-6(2)5-8(10-9)7(3)11-4/h6-8,10H,5,9H2,1-4H3. The summed E-state index contributed by atoms with van der Waals surface area (Å²) in [4.78, 5) is 0. The third-order valence-electron chi connectivity index (χ3n) is 1.88. The van der Waals surface area contributed by atoms with Crippen LogP contribution in [0.4, 0.5) is 0 Å². The predicted molar refractivity (Wildman–Crippen MR) is 47.0 cm³/mol. The van der Waals surface area contributed by atoms with E-state index in [1.165, 1.54) is 0 Å². The van der Waals surface area contributed by atoms with E-state index in [9.17, 15) is 0 Å². The average Bonchev–Trinajstić information content (AvgIpc) is 1.98. The highest BCUT2D eigenvalue weighted by Gasteiger charge is 2.15. The lowest BCUT2D eigenvalue weighted by atomic mass is 10.0. The third kappa shape index (κ3) is 4.35. The minimum atomic E-state index is 0.183. The van der Waals surface area contributed by atoms with Gasteiger partial charge in [-0.1, -0.05) is 13.8 Å². The van der Waals surface area contributed by atoms with Crippen molar-refractivity contribution in [2.75, 3.05) is 7.11 Å². The highest BCUT2D eigenvalue weighted by atomic mass is 16.5. The molecule has 0 radical (unpaired) electrons. The fourth-order valence-electron chi connectivity index (χ4n) is 1.07. The molecule has 0 aliphatic rings. The van der Waals surface area contributed by atoms with Crippen molar-refractivity contribution in [1.29, 1.82) is 0 Å². The van der Waals surface area contributed by atoms with Crippen molar-refractivity contribution in [3.05, 3.63) is 0 Å². The average molecular weight is 160 g/mol. The summed E-state index contributed by atoms with van der Waals surface area (Å²) in [6, 6.07) is 0.264. The highest BCUT2D eigenvalue weighted by molar-refractivity contribution is 4.71. The molecule has 2 atom stereocenters. The van der Waals surface area contributed by atoms with Crippen LogP contribution in [0.15, 0.2) is 0 Å². The molecule has 0 heterocycles. The first-order chi connectivity index (χ1) is 5.11. The lowest BCUT2D eigenvalue weighted by Gasteiger charge is -2.23. The SMILES string of the molecule is COC(C)C(CC(C)C)NN. The summed E-state index contributed by atoms with van der Waals surface area (Å²) in [6.07, 6.45) is 1.23. The number of methoxy groups -OCH3 is 1. The second kappa shape index (κ2) is 5.52. The van der Waals surface area contributed by atoms with E-state index in [1.807, 2.05) is 6.92 Å². The van der Waals surface area contributed by atoms with Gasteiger partial charge in [-0.2, -0.15) is 0 Å². The van der Waals surface area contributed by atoms with Crippen LogP contribution in [0.5, 0.6) is 0 Å². The summed E-state index contributed by atoms with van der Waals surface area (Å²) in [5.41, 5.74) is 2.76. The highest BCUT2D eigenvalue weighted by Crippen LogP contribution is 2.08. The van der Waals surface area contributed by atoms with Gasteiger partial charge >= 0.3 is 0 Å². The van der Waals surface area contributed by atoms with Gasteiger partial charge in [0, 0.05) is 13.2 Å². The zero-order valence-electron chi connectivity index (χ0n) is 7.92. The Kier molecular flexibility index (Phi) is 5.46. The zero-order chi connectivity index (χ0) is 8.85. The van der Waals surface area contributed by atoms with Crippen molar-refractivity contribution < 1.29 is 4.74 Å². The van der Waals surface area contributed by atoms with Crippen LogP contribution >= 0.6 is 0 Å². The third-order valence-corrected chi connectivity index (χ3v) is 1.88. The molecule has 0 aliphatic heterocycles. The van der Waals surface area contributed by atoms with Gasteiger partial charge in [0.2, 0.25) is 0 Å². The van der Waals surface area contributed by atoms with Crippen molar-refractivity contribution in [2.45, 2.75) is 39.3 Å². The summed E-state index contributed by atoms with van der Waals surface area (Å²) < 4.78 is 5.16. The molecule has 0 aromatic heterocycles. The molecule has 0 aromatic rings. The van der Waals surface area contributed by atoms with Crippen molar-refractivity contribution in [2.24, 2.45) is 11.8 Å². The van der Waals surface area contributed by atoms with E-state index in [-0.39, 0.29) is 12.1 Å². The molecule has 11 heavy (non-hydrogen) atoms. The summed E-state index contributed by atoms with van der Waals surface area (Å²) in [6.45, 7) is 6.37. The second-order valence-corrected chi connectivity index (χ2v) is 3.34. The van der Waals surface area contributed by atoms with Gasteiger partial charge in [0.05, 0.1) is 6.10 Å². The number of hydrazine groups is 1. The number of nitrogens with two attached hydrogens (primary N) is 1. The molecular weight excluding hydrogens is 140 g/mol. The summed E-state index contributed by atoms with van der Waals surface area (Å²) >= 11 is 0. The monoisotopic (exact) mass is 160 g/mol. The maximum Gasteiger partial charge on any atom is 0.0709 e. The minimum absolute atomic E-state index is 0.183. The van der Waals surface area contributed by atoms with Crippen LogP contribution < -0.4 is 11.3 Å². The first-order valence-corrected chi connectivity index (χ1v) is 4.10. The first-order valence-electron chi connectivity index (χ1n) is 4.10. The molecule has 3 N–H and O–H groups in total. The fraction of sp³-hybridized carbons (Fsp3) is 1.00. The van der Waals surface area contributed by atoms with E-state index in [0.717, 1.165) is 6.42 Å². The van der Waals surface area contributed by atoms with Crippen molar-refractivity contribution in [3.63, 3.8) is 0 Å². The van der Waals surface area contributed by atoms with Gasteiger partial charge in [-0.25, -0.2) is 0 Å². The van der Waals surface area contributed by atoms with E-state index in [2.05, 4.69) is 19.3 Å². The first kappa shape index (κ1) is 10.9. The molecule has 2 unspecified atom stereocenters. The normalized spacial score (nSPS) is 16.9. The van der Waals surface area contributed by atoms with Crippen molar-refractivity contribution in [3.8, 4) is 0 Å². The van der Waals surface area contributed by atoms with Gasteiger partial charge in [-0.15, -0.1) is 0 Å². The number of nitrogens with one attached hydrogen (secondary N) is 1. The van der Waals surface area contributed by atoms with Gasteiger partial charge < -0.3 is 4.74 Å². The van der Waals surface area contributed by atoms with Crippen LogP contribution in [0.25, 0.3) is 0 Å². The van der Waals surface area contributed by atoms with E-state index >= 15 is 0 Å². The number of hydrogen-bond donors (Lipinski definition) is 2. The Morgan fingerprint density at radius 1 is 1.36 bits per heavy atom. The van der Waals surface area contributed by atoms with Crippen molar-refractivity contribution in [1.82, 2.24) is 5.43 Å². The topological polar surface area (TPSA) is 47.3 Å². The Morgan fingerprint density at radius 2 is 1.91 bits per heavy atom. The number of hydrogen-bond acceptors (Lipinski definition) is 3. The van der Waals surface area contributed by atoms with Crippen LogP contribution in [0.2, 0.25) is 0 Å². The minimum Gasteiger partial charge on any atom is -0.380 e. The lowest BCUT2D eigenvalue weighted by Crippen LogP contribution is -2.44. The van der Waals surface area contributed by atoms with Gasteiger partial charge in [-0.05, 0) is 19.3 Å². The molecule has 0 aliphatic carbocycles. The Bertz CT molecular complexity index is 96.1. The van der Waals surface area contributed by atoms with Crippen LogP contribution in [-0.2, 0) is 4.74 Å². The van der Waals surface area contributed by atoms with Crippen LogP contribution in [0.3, 0.4) is 0 Å². The maximum absolute atomic E-state index is 5.37. The summed E-state index contributed by atoms with van der Waals surface area (Å²) in [5.74, 6) is 6.01. The van der Waals surface area contributed by atoms with E-state index in [1.54, 1.807) is 7.11 Å². The number of ether oxygens (including phenoxy) is 1. The van der Waals surface area contributed by atoms with E-state index in [4.69, 9.17) is 10.6 Å². The summed E-state index contributed by atoms with van der Waals surface area (Å²) in [5, 5.41) is 0. The van der Waals surface area contributed by atoms with E-state index in [0.29, 0.717) is 5.92 Å². The molecule has 0 saturated carbocycles. The Labute approximate surface area is 69.3 Å². The molecule has 0 saturated heterocycles. The quantitative estimate of drug-likeness (QED) is 0.464. The Hall–Kier alpha value is -0.120.